The predicted molar refractivity (Wildman–Crippen MR) is 58.5 cm³/mol. The number of carboxylic acids is 1. The van der Waals surface area contributed by atoms with Gasteiger partial charge in [0.2, 0.25) is 0 Å². The number of aromatic carboxylic acids is 1. The number of anilines is 1. The van der Waals surface area contributed by atoms with Crippen molar-refractivity contribution in [2.24, 2.45) is 5.73 Å². The average molecular weight is 210 g/mol. The molecule has 1 aromatic carbocycles. The largest absolute Gasteiger partial charge is 0.478 e. The maximum absolute atomic E-state index is 10.8. The quantitative estimate of drug-likeness (QED) is 0.642. The molecule has 5 heteroatoms. The van der Waals surface area contributed by atoms with Crippen molar-refractivity contribution in [2.45, 2.75) is 6.92 Å². The number of nitrogens with two attached hydrogens (primary N) is 1. The molecule has 4 nitrogen and oxygen atoms in total. The zero-order valence-electron chi connectivity index (χ0n) is 7.57. The van der Waals surface area contributed by atoms with Gasteiger partial charge in [-0.15, -0.1) is 0 Å². The Morgan fingerprint density at radius 3 is 2.71 bits per heavy atom. The maximum atomic E-state index is 10.8. The van der Waals surface area contributed by atoms with E-state index in [1.165, 1.54) is 6.07 Å². The topological polar surface area (TPSA) is 75.3 Å². The Morgan fingerprint density at radius 1 is 1.57 bits per heavy atom. The van der Waals surface area contributed by atoms with Gasteiger partial charge in [0.15, 0.2) is 5.11 Å². The molecule has 74 valence electrons. The Labute approximate surface area is 86.7 Å². The molecular weight excluding hydrogens is 200 g/mol. The molecule has 0 spiro atoms. The highest BCUT2D eigenvalue weighted by Crippen LogP contribution is 2.14. The number of thiocarbonyl (C=S) groups is 1. The third-order valence-electron chi connectivity index (χ3n) is 1.74. The Kier molecular flexibility index (Phi) is 3.03. The second kappa shape index (κ2) is 4.06. The summed E-state index contributed by atoms with van der Waals surface area (Å²) in [4.78, 5) is 10.8. The molecule has 0 aliphatic heterocycles. The summed E-state index contributed by atoms with van der Waals surface area (Å²) in [6.45, 7) is 1.73. The van der Waals surface area contributed by atoms with Crippen molar-refractivity contribution in [1.82, 2.24) is 0 Å². The summed E-state index contributed by atoms with van der Waals surface area (Å²) in [7, 11) is 0. The van der Waals surface area contributed by atoms with E-state index in [1.54, 1.807) is 19.1 Å². The van der Waals surface area contributed by atoms with Crippen LogP contribution in [0.4, 0.5) is 5.69 Å². The highest BCUT2D eigenvalue weighted by atomic mass is 32.1. The van der Waals surface area contributed by atoms with E-state index in [4.69, 9.17) is 10.8 Å². The lowest BCUT2D eigenvalue weighted by molar-refractivity contribution is 0.0696. The van der Waals surface area contributed by atoms with Gasteiger partial charge in [-0.05, 0) is 36.8 Å². The number of nitrogens with one attached hydrogen (secondary N) is 1. The van der Waals surface area contributed by atoms with Gasteiger partial charge in [0.25, 0.3) is 0 Å². The van der Waals surface area contributed by atoms with Crippen LogP contribution in [0.2, 0.25) is 0 Å². The molecule has 0 fully saturated rings. The van der Waals surface area contributed by atoms with Gasteiger partial charge in [-0.2, -0.15) is 0 Å². The average Bonchev–Trinajstić information content (AvgIpc) is 2.07. The summed E-state index contributed by atoms with van der Waals surface area (Å²) >= 11 is 4.64. The molecule has 0 saturated heterocycles. The van der Waals surface area contributed by atoms with E-state index in [0.717, 1.165) is 0 Å². The monoisotopic (exact) mass is 210 g/mol. The van der Waals surface area contributed by atoms with Crippen LogP contribution in [0.25, 0.3) is 0 Å². The molecule has 0 aromatic heterocycles. The molecule has 0 aliphatic rings. The smallest absolute Gasteiger partial charge is 0.336 e. The van der Waals surface area contributed by atoms with E-state index >= 15 is 0 Å². The van der Waals surface area contributed by atoms with E-state index in [0.29, 0.717) is 11.3 Å². The summed E-state index contributed by atoms with van der Waals surface area (Å²) in [6, 6.07) is 4.92. The molecule has 14 heavy (non-hydrogen) atoms. The normalized spacial score (nSPS) is 9.50. The van der Waals surface area contributed by atoms with Crippen molar-refractivity contribution in [3.63, 3.8) is 0 Å². The third-order valence-corrected chi connectivity index (χ3v) is 1.84. The van der Waals surface area contributed by atoms with Gasteiger partial charge in [-0.3, -0.25) is 0 Å². The number of hydrogen-bond donors (Lipinski definition) is 3. The van der Waals surface area contributed by atoms with Crippen LogP contribution in [0, 0.1) is 6.92 Å². The molecule has 0 radical (unpaired) electrons. The van der Waals surface area contributed by atoms with Crippen molar-refractivity contribution in [2.75, 3.05) is 5.32 Å². The van der Waals surface area contributed by atoms with E-state index in [9.17, 15) is 4.79 Å². The summed E-state index contributed by atoms with van der Waals surface area (Å²) < 4.78 is 0. The van der Waals surface area contributed by atoms with Gasteiger partial charge >= 0.3 is 5.97 Å². The molecule has 1 aromatic rings. The number of aryl methyl sites for hydroxylation is 1. The van der Waals surface area contributed by atoms with Crippen LogP contribution in [0.3, 0.4) is 0 Å². The second-order valence-electron chi connectivity index (χ2n) is 2.82. The van der Waals surface area contributed by atoms with Crippen LogP contribution >= 0.6 is 12.2 Å². The number of carboxylic acid groups (broad SMARTS) is 1. The molecule has 4 N–H and O–H groups in total. The van der Waals surface area contributed by atoms with Gasteiger partial charge in [0, 0.05) is 5.69 Å². The van der Waals surface area contributed by atoms with Crippen LogP contribution in [0.15, 0.2) is 18.2 Å². The van der Waals surface area contributed by atoms with Gasteiger partial charge in [-0.25, -0.2) is 4.79 Å². The molecular formula is C9H10N2O2S. The summed E-state index contributed by atoms with van der Waals surface area (Å²) in [5, 5.41) is 11.6. The predicted octanol–water partition coefficient (Wildman–Crippen LogP) is 1.35. The molecule has 0 bridgehead atoms. The lowest BCUT2D eigenvalue weighted by atomic mass is 10.1. The van der Waals surface area contributed by atoms with Crippen molar-refractivity contribution in [1.29, 1.82) is 0 Å². The fourth-order valence-electron chi connectivity index (χ4n) is 1.07. The van der Waals surface area contributed by atoms with Gasteiger partial charge in [0.05, 0.1) is 5.56 Å². The lowest BCUT2D eigenvalue weighted by Gasteiger charge is -2.06. The minimum atomic E-state index is -0.964. The van der Waals surface area contributed by atoms with Crippen LogP contribution in [-0.2, 0) is 0 Å². The number of carbonyl (C=O) groups is 1. The third kappa shape index (κ3) is 2.43. The van der Waals surface area contributed by atoms with Crippen molar-refractivity contribution in [3.05, 3.63) is 29.3 Å². The van der Waals surface area contributed by atoms with Gasteiger partial charge < -0.3 is 16.2 Å². The summed E-state index contributed by atoms with van der Waals surface area (Å²) in [5.74, 6) is -0.964. The highest BCUT2D eigenvalue weighted by Gasteiger charge is 2.07. The Balaban J connectivity index is 3.06. The Hall–Kier alpha value is -1.62. The molecule has 0 aliphatic carbocycles. The number of hydrogen-bond acceptors (Lipinski definition) is 2. The van der Waals surface area contributed by atoms with Crippen molar-refractivity contribution < 1.29 is 9.90 Å². The standard InChI is InChI=1S/C9H10N2O2S/c1-5-2-3-6(11-9(10)14)4-7(5)8(12)13/h2-4H,1H3,(H,12,13)(H3,10,11,14). The van der Waals surface area contributed by atoms with Crippen LogP contribution in [0.5, 0.6) is 0 Å². The van der Waals surface area contributed by atoms with Crippen LogP contribution in [0.1, 0.15) is 15.9 Å². The molecule has 0 saturated carbocycles. The molecule has 0 amide bonds. The zero-order valence-corrected chi connectivity index (χ0v) is 8.39. The first-order valence-electron chi connectivity index (χ1n) is 3.91. The minimum Gasteiger partial charge on any atom is -0.478 e. The highest BCUT2D eigenvalue weighted by molar-refractivity contribution is 7.80. The second-order valence-corrected chi connectivity index (χ2v) is 3.26. The first kappa shape index (κ1) is 10.5. The van der Waals surface area contributed by atoms with E-state index < -0.39 is 5.97 Å². The molecule has 0 atom stereocenters. The SMILES string of the molecule is Cc1ccc(NC(N)=S)cc1C(=O)O. The molecule has 1 rings (SSSR count). The maximum Gasteiger partial charge on any atom is 0.336 e. The van der Waals surface area contributed by atoms with E-state index in [1.807, 2.05) is 0 Å². The number of benzene rings is 1. The lowest BCUT2D eigenvalue weighted by Crippen LogP contribution is -2.19. The Morgan fingerprint density at radius 2 is 2.21 bits per heavy atom. The zero-order chi connectivity index (χ0) is 10.7. The fraction of sp³-hybridized carbons (Fsp3) is 0.111. The van der Waals surface area contributed by atoms with Crippen LogP contribution < -0.4 is 11.1 Å². The van der Waals surface area contributed by atoms with Crippen molar-refractivity contribution in [3.8, 4) is 0 Å². The fourth-order valence-corrected chi connectivity index (χ4v) is 1.19. The number of rotatable bonds is 2. The van der Waals surface area contributed by atoms with Gasteiger partial charge in [0.1, 0.15) is 0 Å². The van der Waals surface area contributed by atoms with E-state index in [-0.39, 0.29) is 10.7 Å². The first-order chi connectivity index (χ1) is 6.50. The van der Waals surface area contributed by atoms with E-state index in [2.05, 4.69) is 17.5 Å². The van der Waals surface area contributed by atoms with Crippen LogP contribution in [-0.4, -0.2) is 16.2 Å². The Bertz CT molecular complexity index is 390. The molecule has 0 heterocycles. The summed E-state index contributed by atoms with van der Waals surface area (Å²) in [5.41, 5.74) is 6.79. The first-order valence-corrected chi connectivity index (χ1v) is 4.32. The molecule has 0 unspecified atom stereocenters. The minimum absolute atomic E-state index is 0.116. The van der Waals surface area contributed by atoms with Gasteiger partial charge in [-0.1, -0.05) is 6.07 Å². The summed E-state index contributed by atoms with van der Waals surface area (Å²) in [6.07, 6.45) is 0. The van der Waals surface area contributed by atoms with Crippen molar-refractivity contribution >= 4 is 29.0 Å².